The van der Waals surface area contributed by atoms with E-state index < -0.39 is 0 Å². The third-order valence-corrected chi connectivity index (χ3v) is 7.42. The number of para-hydroxylation sites is 1. The van der Waals surface area contributed by atoms with E-state index in [1.54, 1.807) is 10.9 Å². The number of nitrogens with one attached hydrogen (secondary N) is 1. The van der Waals surface area contributed by atoms with E-state index in [0.717, 1.165) is 42.3 Å². The highest BCUT2D eigenvalue weighted by Gasteiger charge is 2.22. The van der Waals surface area contributed by atoms with Crippen molar-refractivity contribution in [2.75, 3.05) is 11.1 Å². The smallest absolute Gasteiger partial charge is 0.235 e. The van der Waals surface area contributed by atoms with Crippen LogP contribution in [-0.4, -0.2) is 31.4 Å². The summed E-state index contributed by atoms with van der Waals surface area (Å²) in [6.45, 7) is 0. The largest absolute Gasteiger partial charge is 0.316 e. The van der Waals surface area contributed by atoms with Crippen molar-refractivity contribution < 1.29 is 4.79 Å². The molecule has 1 aliphatic carbocycles. The molecule has 5 rings (SSSR count). The monoisotopic (exact) mass is 446 g/mol. The molecule has 1 aromatic carbocycles. The third-order valence-electron chi connectivity index (χ3n) is 5.21. The minimum atomic E-state index is -0.151. The van der Waals surface area contributed by atoms with Crippen LogP contribution in [0.25, 0.3) is 16.7 Å². The zero-order valence-corrected chi connectivity index (χ0v) is 18.2. The second-order valence-corrected chi connectivity index (χ2v) is 9.24. The molecule has 0 fully saturated rings. The average Bonchev–Trinajstić information content (AvgIpc) is 3.39. The first-order valence-corrected chi connectivity index (χ1v) is 11.8. The van der Waals surface area contributed by atoms with Crippen LogP contribution in [0.2, 0.25) is 0 Å². The van der Waals surface area contributed by atoms with E-state index in [2.05, 4.69) is 26.5 Å². The molecular weight excluding hydrogens is 428 g/mol. The quantitative estimate of drug-likeness (QED) is 0.361. The first kappa shape index (κ1) is 19.7. The van der Waals surface area contributed by atoms with Gasteiger partial charge in [0.1, 0.15) is 22.4 Å². The topological polar surface area (TPSA) is 96.5 Å². The molecule has 0 atom stereocenters. The molecule has 0 unspecified atom stereocenters. The number of aromatic nitrogens is 4. The Balaban J connectivity index is 1.33. The van der Waals surface area contributed by atoms with Gasteiger partial charge in [-0.3, -0.25) is 4.79 Å². The van der Waals surface area contributed by atoms with Gasteiger partial charge in [0.25, 0.3) is 0 Å². The molecule has 4 aromatic rings. The number of aryl methyl sites for hydroxylation is 1. The number of benzene rings is 1. The Labute approximate surface area is 187 Å². The van der Waals surface area contributed by atoms with Crippen molar-refractivity contribution in [1.82, 2.24) is 19.7 Å². The number of thioether (sulfide) groups is 1. The molecule has 9 heteroatoms. The molecule has 3 heterocycles. The van der Waals surface area contributed by atoms with Gasteiger partial charge in [-0.2, -0.15) is 10.4 Å². The molecule has 0 bridgehead atoms. The molecule has 1 N–H and O–H groups in total. The summed E-state index contributed by atoms with van der Waals surface area (Å²) in [5, 5.41) is 19.1. The second-order valence-electron chi connectivity index (χ2n) is 7.17. The summed E-state index contributed by atoms with van der Waals surface area (Å²) in [6.07, 6.45) is 7.37. The number of nitrogens with zero attached hydrogens (tertiary/aromatic N) is 5. The van der Waals surface area contributed by atoms with Gasteiger partial charge in [-0.1, -0.05) is 30.0 Å². The number of amides is 1. The van der Waals surface area contributed by atoms with E-state index in [9.17, 15) is 10.1 Å². The Morgan fingerprint density at radius 2 is 2.06 bits per heavy atom. The lowest BCUT2D eigenvalue weighted by atomic mass is 9.96. The van der Waals surface area contributed by atoms with E-state index >= 15 is 0 Å². The predicted molar refractivity (Wildman–Crippen MR) is 122 cm³/mol. The second kappa shape index (κ2) is 8.49. The maximum atomic E-state index is 12.6. The molecule has 0 radical (unpaired) electrons. The maximum absolute atomic E-state index is 12.6. The molecule has 7 nitrogen and oxygen atoms in total. The summed E-state index contributed by atoms with van der Waals surface area (Å²) >= 11 is 2.88. The van der Waals surface area contributed by atoms with E-state index in [1.807, 2.05) is 30.3 Å². The Bertz CT molecular complexity index is 1310. The van der Waals surface area contributed by atoms with Crippen LogP contribution in [-0.2, 0) is 17.6 Å². The van der Waals surface area contributed by atoms with Gasteiger partial charge in [0.15, 0.2) is 5.65 Å². The number of rotatable bonds is 5. The molecular formula is C22H18N6OS2. The minimum absolute atomic E-state index is 0.151. The fourth-order valence-electron chi connectivity index (χ4n) is 3.76. The highest BCUT2D eigenvalue weighted by molar-refractivity contribution is 8.00. The van der Waals surface area contributed by atoms with Gasteiger partial charge in [-0.05, 0) is 43.4 Å². The number of carbonyl (C=O) groups is 1. The zero-order valence-electron chi connectivity index (χ0n) is 16.5. The van der Waals surface area contributed by atoms with Crippen molar-refractivity contribution >= 4 is 45.0 Å². The van der Waals surface area contributed by atoms with Crippen molar-refractivity contribution in [1.29, 1.82) is 5.26 Å². The molecule has 0 spiro atoms. The molecule has 0 saturated heterocycles. The van der Waals surface area contributed by atoms with Crippen LogP contribution in [0.15, 0.2) is 47.9 Å². The van der Waals surface area contributed by atoms with Gasteiger partial charge in [-0.25, -0.2) is 14.6 Å². The van der Waals surface area contributed by atoms with Crippen LogP contribution < -0.4 is 5.32 Å². The van der Waals surface area contributed by atoms with Gasteiger partial charge in [-0.15, -0.1) is 11.3 Å². The summed E-state index contributed by atoms with van der Waals surface area (Å²) in [4.78, 5) is 22.6. The highest BCUT2D eigenvalue weighted by atomic mass is 32.2. The lowest BCUT2D eigenvalue weighted by molar-refractivity contribution is -0.113. The van der Waals surface area contributed by atoms with Gasteiger partial charge in [0.05, 0.1) is 28.6 Å². The Kier molecular flexibility index (Phi) is 5.40. The number of fused-ring (bicyclic) bond motifs is 2. The molecule has 154 valence electrons. The fourth-order valence-corrected chi connectivity index (χ4v) is 5.78. The Morgan fingerprint density at radius 3 is 2.90 bits per heavy atom. The van der Waals surface area contributed by atoms with E-state index in [4.69, 9.17) is 0 Å². The van der Waals surface area contributed by atoms with Crippen molar-refractivity contribution in [3.8, 4) is 11.8 Å². The van der Waals surface area contributed by atoms with Gasteiger partial charge in [0, 0.05) is 4.88 Å². The number of hydrogen-bond donors (Lipinski definition) is 1. The number of anilines is 1. The van der Waals surface area contributed by atoms with Crippen LogP contribution in [0, 0.1) is 11.3 Å². The minimum Gasteiger partial charge on any atom is -0.316 e. The van der Waals surface area contributed by atoms with Crippen molar-refractivity contribution in [2.24, 2.45) is 0 Å². The van der Waals surface area contributed by atoms with Crippen LogP contribution in [0.1, 0.15) is 28.8 Å². The van der Waals surface area contributed by atoms with Crippen LogP contribution >= 0.6 is 23.1 Å². The molecule has 3 aromatic heterocycles. The SMILES string of the molecule is N#Cc1c(NC(=O)CSc2ncnc3c2cnn3-c2ccccc2)sc2c1CCCC2. The van der Waals surface area contributed by atoms with Gasteiger partial charge in [0.2, 0.25) is 5.91 Å². The van der Waals surface area contributed by atoms with Crippen LogP contribution in [0.3, 0.4) is 0 Å². The summed E-state index contributed by atoms with van der Waals surface area (Å²) in [5.74, 6) is 0.0399. The third kappa shape index (κ3) is 3.80. The number of nitriles is 1. The molecule has 1 aliphatic rings. The number of carbonyl (C=O) groups excluding carboxylic acids is 1. The zero-order chi connectivity index (χ0) is 21.2. The van der Waals surface area contributed by atoms with Crippen molar-refractivity contribution in [2.45, 2.75) is 30.7 Å². The Hall–Kier alpha value is -3.22. The van der Waals surface area contributed by atoms with Crippen molar-refractivity contribution in [3.63, 3.8) is 0 Å². The summed E-state index contributed by atoms with van der Waals surface area (Å²) in [5.41, 5.74) is 3.36. The number of hydrogen-bond acceptors (Lipinski definition) is 7. The van der Waals surface area contributed by atoms with Crippen molar-refractivity contribution in [3.05, 3.63) is 58.9 Å². The number of thiophene rings is 1. The molecule has 0 aliphatic heterocycles. The lowest BCUT2D eigenvalue weighted by Gasteiger charge is -2.09. The molecule has 1 amide bonds. The summed E-state index contributed by atoms with van der Waals surface area (Å²) in [7, 11) is 0. The van der Waals surface area contributed by atoms with Gasteiger partial charge >= 0.3 is 0 Å². The Morgan fingerprint density at radius 1 is 1.23 bits per heavy atom. The van der Waals surface area contributed by atoms with Crippen LogP contribution in [0.4, 0.5) is 5.00 Å². The first-order chi connectivity index (χ1) is 15.2. The highest BCUT2D eigenvalue weighted by Crippen LogP contribution is 2.37. The summed E-state index contributed by atoms with van der Waals surface area (Å²) < 4.78 is 1.76. The standard InChI is InChI=1S/C22H18N6OS2/c23-10-16-15-8-4-5-9-18(15)31-22(16)27-19(29)12-30-21-17-11-26-28(20(17)24-13-25-21)14-6-2-1-3-7-14/h1-3,6-7,11,13H,4-5,8-9,12H2,(H,27,29). The lowest BCUT2D eigenvalue weighted by Crippen LogP contribution is -2.14. The maximum Gasteiger partial charge on any atom is 0.235 e. The summed E-state index contributed by atoms with van der Waals surface area (Å²) in [6, 6.07) is 12.0. The molecule has 0 saturated carbocycles. The van der Waals surface area contributed by atoms with Gasteiger partial charge < -0.3 is 5.32 Å². The van der Waals surface area contributed by atoms with E-state index in [1.165, 1.54) is 34.3 Å². The fraction of sp³-hybridized carbons (Fsp3) is 0.227. The predicted octanol–water partition coefficient (Wildman–Crippen LogP) is 4.36. The first-order valence-electron chi connectivity index (χ1n) is 9.96. The molecule has 31 heavy (non-hydrogen) atoms. The van der Waals surface area contributed by atoms with Crippen LogP contribution in [0.5, 0.6) is 0 Å². The van der Waals surface area contributed by atoms with E-state index in [0.29, 0.717) is 21.2 Å². The normalized spacial score (nSPS) is 13.0. The van der Waals surface area contributed by atoms with E-state index in [-0.39, 0.29) is 11.7 Å². The average molecular weight is 447 g/mol.